The normalized spacial score (nSPS) is 29.3. The number of esters is 1. The highest BCUT2D eigenvalue weighted by molar-refractivity contribution is 6.22. The van der Waals surface area contributed by atoms with Gasteiger partial charge in [0.15, 0.2) is 12.0 Å². The number of ketones is 1. The quantitative estimate of drug-likeness (QED) is 0.102. The summed E-state index contributed by atoms with van der Waals surface area (Å²) in [5, 5.41) is 59.7. The monoisotopic (exact) mass is 771 g/mol. The van der Waals surface area contributed by atoms with Crippen LogP contribution in [0.1, 0.15) is 76.2 Å². The molecule has 5 bridgehead atoms. The predicted octanol–water partition coefficient (Wildman–Crippen LogP) is 5.05. The Morgan fingerprint density at radius 2 is 1.53 bits per heavy atom. The molecule has 5 rings (SSSR count). The molecule has 0 saturated carbocycles. The number of fused-ring (bicyclic) bond motifs is 14. The van der Waals surface area contributed by atoms with Gasteiger partial charge in [-0.25, -0.2) is 0 Å². The number of allylic oxidation sites excluding steroid dienone is 2. The van der Waals surface area contributed by atoms with Crippen molar-refractivity contribution in [2.24, 2.45) is 23.7 Å². The highest BCUT2D eigenvalue weighted by atomic mass is 16.7. The molecule has 0 unspecified atom stereocenters. The number of hydrogen-bond acceptors (Lipinski definition) is 14. The fourth-order valence-electron chi connectivity index (χ4n) is 7.31. The number of Topliss-reactive ketones (excluding diaryl/α,β-unsaturated/α-hetero) is 1. The number of hydrogen-bond donors (Lipinski definition) is 6. The number of carbonyl (C=O) groups is 3. The first kappa shape index (κ1) is 43.1. The van der Waals surface area contributed by atoms with E-state index in [0.29, 0.717) is 0 Å². The maximum absolute atomic E-state index is 14.3. The van der Waals surface area contributed by atoms with Crippen molar-refractivity contribution in [1.82, 2.24) is 0 Å². The van der Waals surface area contributed by atoms with Crippen molar-refractivity contribution in [3.05, 3.63) is 52.8 Å². The number of phenolic OH excluding ortho intramolecular Hbond substituents is 3. The molecular weight excluding hydrogens is 718 g/mol. The van der Waals surface area contributed by atoms with Gasteiger partial charge in [0.25, 0.3) is 11.7 Å². The van der Waals surface area contributed by atoms with Gasteiger partial charge < -0.3 is 59.3 Å². The Morgan fingerprint density at radius 1 is 0.891 bits per heavy atom. The van der Waals surface area contributed by atoms with Crippen molar-refractivity contribution in [1.29, 1.82) is 0 Å². The van der Waals surface area contributed by atoms with Crippen LogP contribution in [0.5, 0.6) is 23.0 Å². The Labute approximate surface area is 320 Å². The molecule has 0 radical (unpaired) electrons. The Bertz CT molecular complexity index is 1900. The van der Waals surface area contributed by atoms with Crippen LogP contribution in [0.15, 0.2) is 36.1 Å². The molecule has 6 N–H and O–H groups in total. The lowest BCUT2D eigenvalue weighted by Gasteiger charge is -2.38. The van der Waals surface area contributed by atoms with E-state index < -0.39 is 95.1 Å². The van der Waals surface area contributed by atoms with Crippen molar-refractivity contribution < 1.29 is 68.3 Å². The molecule has 3 aliphatic heterocycles. The Kier molecular flexibility index (Phi) is 13.3. The SMILES string of the molecule is COC(OC)c1c2c(O)c3c(O)c(C)c4c(c3c1O)C(=O)[C@@](C)(OC=C[C@H](OC)[C@H](C)[C@H](OC(C)=O)[C@H](C)[C@H](O)[C@H](C)[C@H](O)[C@@H](C)C=CC=C(C)C(=O)N2)O4. The van der Waals surface area contributed by atoms with Gasteiger partial charge in [-0.2, -0.15) is 0 Å². The number of nitrogens with one attached hydrogen (secondary N) is 1. The Balaban J connectivity index is 1.98. The largest absolute Gasteiger partial charge is 0.507 e. The number of benzene rings is 2. The van der Waals surface area contributed by atoms with E-state index in [1.54, 1.807) is 39.8 Å². The summed E-state index contributed by atoms with van der Waals surface area (Å²) in [5.41, 5.74) is -0.680. The second-order valence-corrected chi connectivity index (χ2v) is 14.4. The average molecular weight is 772 g/mol. The zero-order valence-corrected chi connectivity index (χ0v) is 33.0. The van der Waals surface area contributed by atoms with Gasteiger partial charge in [-0.05, 0) is 19.9 Å². The topological polar surface area (TPSA) is 220 Å². The minimum absolute atomic E-state index is 0.0272. The Hall–Kier alpha value is -4.67. The smallest absolute Gasteiger partial charge is 0.312 e. The molecule has 15 nitrogen and oxygen atoms in total. The first-order valence-electron chi connectivity index (χ1n) is 17.9. The number of rotatable bonds is 5. The van der Waals surface area contributed by atoms with E-state index in [4.69, 9.17) is 28.4 Å². The summed E-state index contributed by atoms with van der Waals surface area (Å²) in [4.78, 5) is 40.1. The van der Waals surface area contributed by atoms with Gasteiger partial charge in [-0.15, -0.1) is 0 Å². The fraction of sp³-hybridized carbons (Fsp3) is 0.525. The lowest BCUT2D eigenvalue weighted by molar-refractivity contribution is -0.160. The standard InChI is InChI=1S/C40H53NO14/c1-17-13-12-14-18(2)38(49)41-29-28(39(51-10)52-11)33(46)25-26(34(29)47)32(45)22(6)36-27(25)37(48)40(8,55-36)53-16-15-24(50-9)19(3)35(54-23(7)42)21(5)31(44)20(4)30(17)43/h12-17,19-21,24,30-31,35,39,43-47H,1-11H3,(H,41,49)/t17-,19-,20+,21+,24-,30+,31+,35-,40-/m0/s1. The van der Waals surface area contributed by atoms with Gasteiger partial charge in [-0.1, -0.05) is 45.9 Å². The average Bonchev–Trinajstić information content (AvgIpc) is 3.41. The maximum atomic E-state index is 14.3. The number of amides is 1. The Morgan fingerprint density at radius 3 is 2.11 bits per heavy atom. The fourth-order valence-corrected chi connectivity index (χ4v) is 7.31. The number of aliphatic hydroxyl groups is 2. The number of carbonyl (C=O) groups excluding carboxylic acids is 3. The molecule has 0 aliphatic carbocycles. The second-order valence-electron chi connectivity index (χ2n) is 14.4. The van der Waals surface area contributed by atoms with Crippen LogP contribution in [-0.2, 0) is 33.3 Å². The molecule has 0 saturated heterocycles. The number of aliphatic hydroxyl groups excluding tert-OH is 2. The summed E-state index contributed by atoms with van der Waals surface area (Å²) in [6.45, 7) is 12.4. The zero-order chi connectivity index (χ0) is 41.3. The van der Waals surface area contributed by atoms with Gasteiger partial charge in [0.05, 0.1) is 46.8 Å². The van der Waals surface area contributed by atoms with E-state index in [1.807, 2.05) is 0 Å². The first-order chi connectivity index (χ1) is 25.8. The molecule has 0 fully saturated rings. The molecule has 0 aromatic heterocycles. The number of aromatic hydroxyl groups is 3. The van der Waals surface area contributed by atoms with Crippen molar-refractivity contribution >= 4 is 34.1 Å². The zero-order valence-electron chi connectivity index (χ0n) is 33.0. The lowest BCUT2D eigenvalue weighted by Crippen LogP contribution is -2.46. The number of methoxy groups -OCH3 is 3. The summed E-state index contributed by atoms with van der Waals surface area (Å²) < 4.78 is 34.3. The summed E-state index contributed by atoms with van der Waals surface area (Å²) >= 11 is 0. The van der Waals surface area contributed by atoms with E-state index in [1.165, 1.54) is 67.4 Å². The summed E-state index contributed by atoms with van der Waals surface area (Å²) in [7, 11) is 3.94. The highest BCUT2D eigenvalue weighted by Gasteiger charge is 2.50. The van der Waals surface area contributed by atoms with Gasteiger partial charge in [0.1, 0.15) is 23.4 Å². The lowest BCUT2D eigenvalue weighted by atomic mass is 9.78. The van der Waals surface area contributed by atoms with Crippen molar-refractivity contribution in [2.45, 2.75) is 91.9 Å². The molecule has 2 aromatic carbocycles. The first-order valence-corrected chi connectivity index (χ1v) is 17.9. The van der Waals surface area contributed by atoms with Crippen LogP contribution in [0.3, 0.4) is 0 Å². The van der Waals surface area contributed by atoms with Crippen LogP contribution < -0.4 is 10.1 Å². The predicted molar refractivity (Wildman–Crippen MR) is 201 cm³/mol. The van der Waals surface area contributed by atoms with Crippen LogP contribution in [-0.4, -0.2) is 94.7 Å². The minimum Gasteiger partial charge on any atom is -0.507 e. The molecule has 1 amide bonds. The van der Waals surface area contributed by atoms with E-state index in [2.05, 4.69) is 5.32 Å². The van der Waals surface area contributed by atoms with Crippen LogP contribution >= 0.6 is 0 Å². The molecule has 3 heterocycles. The molecule has 2 aromatic rings. The minimum atomic E-state index is -2.06. The van der Waals surface area contributed by atoms with E-state index in [0.717, 1.165) is 0 Å². The molecule has 9 atom stereocenters. The van der Waals surface area contributed by atoms with Gasteiger partial charge in [-0.3, -0.25) is 14.4 Å². The van der Waals surface area contributed by atoms with Crippen molar-refractivity contribution in [3.8, 4) is 23.0 Å². The number of ether oxygens (including phenoxy) is 6. The van der Waals surface area contributed by atoms with Gasteiger partial charge >= 0.3 is 11.8 Å². The molecule has 3 aliphatic rings. The molecule has 15 heteroatoms. The maximum Gasteiger partial charge on any atom is 0.312 e. The molecule has 0 spiro atoms. The van der Waals surface area contributed by atoms with Crippen LogP contribution in [0.25, 0.3) is 10.8 Å². The summed E-state index contributed by atoms with van der Waals surface area (Å²) in [5.74, 6) is -8.72. The van der Waals surface area contributed by atoms with E-state index in [-0.39, 0.29) is 44.5 Å². The summed E-state index contributed by atoms with van der Waals surface area (Å²) in [6, 6.07) is 0. The number of anilines is 1. The second kappa shape index (κ2) is 17.0. The van der Waals surface area contributed by atoms with Crippen molar-refractivity contribution in [2.75, 3.05) is 26.6 Å². The van der Waals surface area contributed by atoms with Crippen molar-refractivity contribution in [3.63, 3.8) is 0 Å². The van der Waals surface area contributed by atoms with Crippen LogP contribution in [0.2, 0.25) is 0 Å². The third-order valence-corrected chi connectivity index (χ3v) is 10.7. The van der Waals surface area contributed by atoms with E-state index >= 15 is 0 Å². The molecule has 302 valence electrons. The van der Waals surface area contributed by atoms with Crippen LogP contribution in [0, 0.1) is 30.6 Å². The van der Waals surface area contributed by atoms with Crippen LogP contribution in [0.4, 0.5) is 5.69 Å². The van der Waals surface area contributed by atoms with Gasteiger partial charge in [0, 0.05) is 75.4 Å². The highest BCUT2D eigenvalue weighted by Crippen LogP contribution is 2.56. The third-order valence-electron chi connectivity index (χ3n) is 10.7. The summed E-state index contributed by atoms with van der Waals surface area (Å²) in [6.07, 6.45) is 2.02. The van der Waals surface area contributed by atoms with E-state index in [9.17, 15) is 39.9 Å². The molecular formula is C40H53NO14. The van der Waals surface area contributed by atoms with Gasteiger partial charge in [0.2, 0.25) is 0 Å². The third kappa shape index (κ3) is 8.03. The number of phenols is 3. The molecule has 55 heavy (non-hydrogen) atoms.